The number of para-hydroxylation sites is 1. The third-order valence-corrected chi connectivity index (χ3v) is 4.67. The van der Waals surface area contributed by atoms with Crippen LogP contribution in [0.15, 0.2) is 65.7 Å². The number of hydrogen-bond donors (Lipinski definition) is 0. The number of thioether (sulfide) groups is 1. The molecule has 0 aliphatic carbocycles. The molecule has 0 aliphatic rings. The summed E-state index contributed by atoms with van der Waals surface area (Å²) in [6, 6.07) is 16.8. The molecule has 27 heavy (non-hydrogen) atoms. The van der Waals surface area contributed by atoms with Gasteiger partial charge in [0.1, 0.15) is 10.8 Å². The largest absolute Gasteiger partial charge is 0.496 e. The Balaban J connectivity index is 1.68. The van der Waals surface area contributed by atoms with Crippen LogP contribution in [0.25, 0.3) is 11.3 Å². The van der Waals surface area contributed by atoms with Gasteiger partial charge in [0.25, 0.3) is 5.69 Å². The van der Waals surface area contributed by atoms with Crippen molar-refractivity contribution in [1.29, 1.82) is 0 Å². The highest BCUT2D eigenvalue weighted by Gasteiger charge is 2.13. The third kappa shape index (κ3) is 4.48. The highest BCUT2D eigenvalue weighted by atomic mass is 32.2. The smallest absolute Gasteiger partial charge is 0.270 e. The number of Topliss-reactive ketones (excluding diaryl/α,β-unsaturated/α-hetero) is 1. The third-order valence-electron chi connectivity index (χ3n) is 3.75. The Morgan fingerprint density at radius 3 is 2.63 bits per heavy atom. The number of aromatic nitrogens is 2. The van der Waals surface area contributed by atoms with E-state index in [0.717, 1.165) is 5.56 Å². The second kappa shape index (κ2) is 8.41. The van der Waals surface area contributed by atoms with Crippen molar-refractivity contribution in [2.24, 2.45) is 0 Å². The minimum atomic E-state index is -0.522. The first kappa shape index (κ1) is 18.5. The van der Waals surface area contributed by atoms with Gasteiger partial charge in [-0.2, -0.15) is 0 Å². The number of methoxy groups -OCH3 is 1. The molecule has 0 fully saturated rings. The van der Waals surface area contributed by atoms with E-state index in [9.17, 15) is 14.9 Å². The minimum absolute atomic E-state index is 0.105. The summed E-state index contributed by atoms with van der Waals surface area (Å²) in [6.07, 6.45) is 0. The lowest BCUT2D eigenvalue weighted by molar-refractivity contribution is -0.384. The summed E-state index contributed by atoms with van der Waals surface area (Å²) in [6.45, 7) is 0. The molecular formula is C19H15N3O4S. The van der Waals surface area contributed by atoms with E-state index in [1.165, 1.54) is 30.0 Å². The van der Waals surface area contributed by atoms with Gasteiger partial charge in [0, 0.05) is 23.3 Å². The van der Waals surface area contributed by atoms with E-state index in [0.29, 0.717) is 22.0 Å². The van der Waals surface area contributed by atoms with Crippen LogP contribution in [0.1, 0.15) is 10.4 Å². The van der Waals surface area contributed by atoms with Crippen LogP contribution in [-0.2, 0) is 0 Å². The molecule has 0 atom stereocenters. The molecule has 0 N–H and O–H groups in total. The van der Waals surface area contributed by atoms with Gasteiger partial charge in [0.05, 0.1) is 23.5 Å². The van der Waals surface area contributed by atoms with Gasteiger partial charge in [-0.05, 0) is 24.3 Å². The molecule has 0 spiro atoms. The SMILES string of the molecule is COc1ccccc1-c1ccc(SCC(=O)c2cccc([N+](=O)[O-])c2)nn1. The van der Waals surface area contributed by atoms with Gasteiger partial charge < -0.3 is 4.74 Å². The zero-order chi connectivity index (χ0) is 19.2. The van der Waals surface area contributed by atoms with Crippen molar-refractivity contribution < 1.29 is 14.5 Å². The van der Waals surface area contributed by atoms with Gasteiger partial charge in [0.15, 0.2) is 5.78 Å². The quantitative estimate of drug-likeness (QED) is 0.264. The minimum Gasteiger partial charge on any atom is -0.496 e. The zero-order valence-electron chi connectivity index (χ0n) is 14.4. The molecule has 136 valence electrons. The highest BCUT2D eigenvalue weighted by molar-refractivity contribution is 7.99. The first-order valence-corrected chi connectivity index (χ1v) is 8.94. The fraction of sp³-hybridized carbons (Fsp3) is 0.105. The molecule has 8 heteroatoms. The van der Waals surface area contributed by atoms with Crippen LogP contribution in [0.2, 0.25) is 0 Å². The molecule has 0 radical (unpaired) electrons. The molecule has 0 amide bonds. The van der Waals surface area contributed by atoms with Crippen LogP contribution in [-0.4, -0.2) is 33.8 Å². The number of ketones is 1. The lowest BCUT2D eigenvalue weighted by atomic mass is 10.1. The molecule has 0 aliphatic heterocycles. The van der Waals surface area contributed by atoms with Crippen LogP contribution >= 0.6 is 11.8 Å². The summed E-state index contributed by atoms with van der Waals surface area (Å²) in [5.74, 6) is 0.608. The molecule has 0 saturated heterocycles. The summed E-state index contributed by atoms with van der Waals surface area (Å²) in [7, 11) is 1.59. The van der Waals surface area contributed by atoms with E-state index in [2.05, 4.69) is 10.2 Å². The number of nitro benzene ring substituents is 1. The topological polar surface area (TPSA) is 95.2 Å². The molecule has 1 aromatic heterocycles. The van der Waals surface area contributed by atoms with Gasteiger partial charge in [-0.3, -0.25) is 14.9 Å². The lowest BCUT2D eigenvalue weighted by Crippen LogP contribution is -2.03. The molecule has 3 aromatic rings. The standard InChI is InChI=1S/C19H15N3O4S/c1-26-18-8-3-2-7-15(18)16-9-10-19(21-20-16)27-12-17(23)13-5-4-6-14(11-13)22(24)25/h2-11H,12H2,1H3. The van der Waals surface area contributed by atoms with Crippen LogP contribution in [0.4, 0.5) is 5.69 Å². The molecule has 0 unspecified atom stereocenters. The van der Waals surface area contributed by atoms with Crippen LogP contribution < -0.4 is 4.74 Å². The molecular weight excluding hydrogens is 366 g/mol. The lowest BCUT2D eigenvalue weighted by Gasteiger charge is -2.07. The van der Waals surface area contributed by atoms with Crippen molar-refractivity contribution in [2.45, 2.75) is 5.03 Å². The van der Waals surface area contributed by atoms with Crippen molar-refractivity contribution in [3.8, 4) is 17.0 Å². The molecule has 1 heterocycles. The molecule has 0 saturated carbocycles. The Hall–Kier alpha value is -3.26. The Morgan fingerprint density at radius 2 is 1.93 bits per heavy atom. The van der Waals surface area contributed by atoms with E-state index in [4.69, 9.17) is 4.74 Å². The van der Waals surface area contributed by atoms with Crippen molar-refractivity contribution in [2.75, 3.05) is 12.9 Å². The summed E-state index contributed by atoms with van der Waals surface area (Å²) < 4.78 is 5.32. The van der Waals surface area contributed by atoms with Gasteiger partial charge in [-0.25, -0.2) is 0 Å². The second-order valence-electron chi connectivity index (χ2n) is 5.48. The van der Waals surface area contributed by atoms with Gasteiger partial charge >= 0.3 is 0 Å². The summed E-state index contributed by atoms with van der Waals surface area (Å²) in [5, 5.41) is 19.7. The molecule has 3 rings (SSSR count). The average molecular weight is 381 g/mol. The van der Waals surface area contributed by atoms with Gasteiger partial charge in [0.2, 0.25) is 0 Å². The predicted octanol–water partition coefficient (Wildman–Crippen LogP) is 4.04. The number of non-ortho nitro benzene ring substituents is 1. The number of benzene rings is 2. The fourth-order valence-electron chi connectivity index (χ4n) is 2.41. The highest BCUT2D eigenvalue weighted by Crippen LogP contribution is 2.28. The Labute approximate surface area is 159 Å². The first-order chi connectivity index (χ1) is 13.1. The summed E-state index contributed by atoms with van der Waals surface area (Å²) >= 11 is 1.23. The van der Waals surface area contributed by atoms with Gasteiger partial charge in [-0.1, -0.05) is 36.0 Å². The van der Waals surface area contributed by atoms with E-state index < -0.39 is 4.92 Å². The first-order valence-electron chi connectivity index (χ1n) is 7.96. The number of ether oxygens (including phenoxy) is 1. The number of carbonyl (C=O) groups is 1. The summed E-state index contributed by atoms with van der Waals surface area (Å²) in [4.78, 5) is 22.5. The Kier molecular flexibility index (Phi) is 5.77. The maximum Gasteiger partial charge on any atom is 0.270 e. The average Bonchev–Trinajstić information content (AvgIpc) is 2.72. The number of hydrogen-bond acceptors (Lipinski definition) is 7. The molecule has 0 bridgehead atoms. The number of nitro groups is 1. The Bertz CT molecular complexity index is 977. The predicted molar refractivity (Wildman–Crippen MR) is 102 cm³/mol. The van der Waals surface area contributed by atoms with E-state index in [-0.39, 0.29) is 17.2 Å². The zero-order valence-corrected chi connectivity index (χ0v) is 15.2. The summed E-state index contributed by atoms with van der Waals surface area (Å²) in [5.41, 5.74) is 1.70. The van der Waals surface area contributed by atoms with E-state index in [1.807, 2.05) is 30.3 Å². The van der Waals surface area contributed by atoms with Crippen molar-refractivity contribution in [1.82, 2.24) is 10.2 Å². The van der Waals surface area contributed by atoms with Crippen LogP contribution in [0, 0.1) is 10.1 Å². The molecule has 2 aromatic carbocycles. The monoisotopic (exact) mass is 381 g/mol. The van der Waals surface area contributed by atoms with E-state index >= 15 is 0 Å². The number of carbonyl (C=O) groups excluding carboxylic acids is 1. The fourth-order valence-corrected chi connectivity index (χ4v) is 3.12. The van der Waals surface area contributed by atoms with Crippen molar-refractivity contribution >= 4 is 23.2 Å². The maximum atomic E-state index is 12.3. The Morgan fingerprint density at radius 1 is 1.11 bits per heavy atom. The normalized spacial score (nSPS) is 10.4. The maximum absolute atomic E-state index is 12.3. The number of rotatable bonds is 7. The number of nitrogens with zero attached hydrogens (tertiary/aromatic N) is 3. The van der Waals surface area contributed by atoms with Crippen molar-refractivity contribution in [3.63, 3.8) is 0 Å². The second-order valence-corrected chi connectivity index (χ2v) is 6.47. The van der Waals surface area contributed by atoms with Crippen LogP contribution in [0.5, 0.6) is 5.75 Å². The van der Waals surface area contributed by atoms with Gasteiger partial charge in [-0.15, -0.1) is 10.2 Å². The van der Waals surface area contributed by atoms with Crippen molar-refractivity contribution in [3.05, 3.63) is 76.3 Å². The van der Waals surface area contributed by atoms with E-state index in [1.54, 1.807) is 19.2 Å². The molecule has 7 nitrogen and oxygen atoms in total. The van der Waals surface area contributed by atoms with Crippen LogP contribution in [0.3, 0.4) is 0 Å².